The lowest BCUT2D eigenvalue weighted by molar-refractivity contribution is 0.599. The summed E-state index contributed by atoms with van der Waals surface area (Å²) in [5, 5.41) is 6.45. The van der Waals surface area contributed by atoms with E-state index in [1.54, 1.807) is 7.05 Å². The minimum Gasteiger partial charge on any atom is -0.356 e. The van der Waals surface area contributed by atoms with Gasteiger partial charge in [-0.15, -0.1) is 0 Å². The lowest BCUT2D eigenvalue weighted by atomic mass is 10.1. The molecule has 1 fully saturated rings. The van der Waals surface area contributed by atoms with Crippen LogP contribution in [0.5, 0.6) is 0 Å². The van der Waals surface area contributed by atoms with Crippen molar-refractivity contribution in [1.82, 2.24) is 10.6 Å². The van der Waals surface area contributed by atoms with Crippen molar-refractivity contribution in [2.75, 3.05) is 25.1 Å². The van der Waals surface area contributed by atoms with E-state index in [4.69, 9.17) is 0 Å². The number of benzene rings is 1. The number of sulfone groups is 1. The lowest BCUT2D eigenvalue weighted by Gasteiger charge is -2.16. The van der Waals surface area contributed by atoms with Gasteiger partial charge in [0.2, 0.25) is 0 Å². The summed E-state index contributed by atoms with van der Waals surface area (Å²) in [6.07, 6.45) is 1.56. The van der Waals surface area contributed by atoms with Gasteiger partial charge in [-0.25, -0.2) is 8.42 Å². The van der Waals surface area contributed by atoms with E-state index < -0.39 is 9.84 Å². The number of nitrogens with zero attached hydrogens (tertiary/aromatic N) is 1. The average Bonchev–Trinajstić information content (AvgIpc) is 2.75. The Bertz CT molecular complexity index is 633. The Morgan fingerprint density at radius 3 is 2.50 bits per heavy atom. The minimum atomic E-state index is -2.87. The Labute approximate surface area is 133 Å². The summed E-state index contributed by atoms with van der Waals surface area (Å²) in [6, 6.07) is 6.51. The van der Waals surface area contributed by atoms with Gasteiger partial charge in [0.05, 0.1) is 11.5 Å². The van der Waals surface area contributed by atoms with E-state index in [9.17, 15) is 8.42 Å². The van der Waals surface area contributed by atoms with Gasteiger partial charge in [-0.3, -0.25) is 4.99 Å². The van der Waals surface area contributed by atoms with Gasteiger partial charge < -0.3 is 10.6 Å². The molecule has 2 rings (SSSR count). The topological polar surface area (TPSA) is 70.6 Å². The molecule has 0 saturated carbocycles. The summed E-state index contributed by atoms with van der Waals surface area (Å²) in [5.41, 5.74) is 3.84. The molecule has 6 heteroatoms. The maximum atomic E-state index is 11.5. The number of aliphatic imine (C=N–C) groups is 1. The quantitative estimate of drug-likeness (QED) is 0.645. The van der Waals surface area contributed by atoms with Crippen molar-refractivity contribution in [3.8, 4) is 0 Å². The Hall–Kier alpha value is -1.56. The van der Waals surface area contributed by atoms with Crippen molar-refractivity contribution in [3.05, 3.63) is 34.9 Å². The van der Waals surface area contributed by atoms with Gasteiger partial charge in [0.25, 0.3) is 0 Å². The van der Waals surface area contributed by atoms with Gasteiger partial charge >= 0.3 is 0 Å². The van der Waals surface area contributed by atoms with Gasteiger partial charge in [0.1, 0.15) is 0 Å². The second-order valence-electron chi connectivity index (χ2n) is 5.99. The van der Waals surface area contributed by atoms with Crippen molar-refractivity contribution in [2.24, 2.45) is 4.99 Å². The van der Waals surface area contributed by atoms with Gasteiger partial charge in [0, 0.05) is 19.6 Å². The first kappa shape index (κ1) is 16.8. The van der Waals surface area contributed by atoms with Crippen molar-refractivity contribution in [2.45, 2.75) is 32.7 Å². The van der Waals surface area contributed by atoms with E-state index in [-0.39, 0.29) is 17.5 Å². The van der Waals surface area contributed by atoms with Crippen LogP contribution in [0, 0.1) is 13.8 Å². The van der Waals surface area contributed by atoms with Crippen LogP contribution in [0.2, 0.25) is 0 Å². The zero-order chi connectivity index (χ0) is 16.2. The van der Waals surface area contributed by atoms with E-state index in [0.29, 0.717) is 12.4 Å². The lowest BCUT2D eigenvalue weighted by Crippen LogP contribution is -2.44. The van der Waals surface area contributed by atoms with Crippen LogP contribution in [-0.2, 0) is 16.3 Å². The molecule has 0 aromatic heterocycles. The first-order valence-corrected chi connectivity index (χ1v) is 9.45. The molecule has 1 atom stereocenters. The molecule has 1 unspecified atom stereocenters. The molecule has 5 nitrogen and oxygen atoms in total. The first-order chi connectivity index (χ1) is 10.4. The van der Waals surface area contributed by atoms with Crippen molar-refractivity contribution in [3.63, 3.8) is 0 Å². The molecule has 0 amide bonds. The highest BCUT2D eigenvalue weighted by Crippen LogP contribution is 2.11. The van der Waals surface area contributed by atoms with Crippen LogP contribution in [0.25, 0.3) is 0 Å². The van der Waals surface area contributed by atoms with Gasteiger partial charge in [-0.1, -0.05) is 29.3 Å². The van der Waals surface area contributed by atoms with Crippen LogP contribution in [-0.4, -0.2) is 45.5 Å². The number of aryl methyl sites for hydroxylation is 2. The minimum absolute atomic E-state index is 0.0302. The molecule has 1 aromatic carbocycles. The second kappa shape index (κ2) is 7.13. The summed E-state index contributed by atoms with van der Waals surface area (Å²) in [4.78, 5) is 4.17. The SMILES string of the molecule is CN=C(NCCc1cc(C)cc(C)c1)NC1CCS(=O)(=O)C1. The molecule has 1 aromatic rings. The van der Waals surface area contributed by atoms with Crippen molar-refractivity contribution < 1.29 is 8.42 Å². The summed E-state index contributed by atoms with van der Waals surface area (Å²) in [6.45, 7) is 4.97. The summed E-state index contributed by atoms with van der Waals surface area (Å²) in [7, 11) is -1.16. The van der Waals surface area contributed by atoms with E-state index in [0.717, 1.165) is 13.0 Å². The maximum Gasteiger partial charge on any atom is 0.191 e. The molecule has 0 aliphatic carbocycles. The first-order valence-electron chi connectivity index (χ1n) is 7.63. The van der Waals surface area contributed by atoms with Crippen molar-refractivity contribution in [1.29, 1.82) is 0 Å². The number of rotatable bonds is 4. The van der Waals surface area contributed by atoms with Crippen LogP contribution in [0.4, 0.5) is 0 Å². The standard InChI is InChI=1S/C16H25N3O2S/c1-12-8-13(2)10-14(9-12)4-6-18-16(17-3)19-15-5-7-22(20,21)11-15/h8-10,15H,4-7,11H2,1-3H3,(H2,17,18,19). The summed E-state index contributed by atoms with van der Waals surface area (Å²) in [5.74, 6) is 1.14. The number of guanidine groups is 1. The number of nitrogens with one attached hydrogen (secondary N) is 2. The second-order valence-corrected chi connectivity index (χ2v) is 8.22. The highest BCUT2D eigenvalue weighted by molar-refractivity contribution is 7.91. The van der Waals surface area contributed by atoms with Gasteiger partial charge in [0.15, 0.2) is 15.8 Å². The fourth-order valence-corrected chi connectivity index (χ4v) is 4.51. The predicted octanol–water partition coefficient (Wildman–Crippen LogP) is 1.20. The average molecular weight is 323 g/mol. The van der Waals surface area contributed by atoms with E-state index >= 15 is 0 Å². The number of hydrogen-bond donors (Lipinski definition) is 2. The van der Waals surface area contributed by atoms with E-state index in [2.05, 4.69) is 47.7 Å². The molecule has 0 spiro atoms. The molecule has 0 bridgehead atoms. The molecule has 2 N–H and O–H groups in total. The largest absolute Gasteiger partial charge is 0.356 e. The molecule has 122 valence electrons. The maximum absolute atomic E-state index is 11.5. The zero-order valence-corrected chi connectivity index (χ0v) is 14.3. The molecular weight excluding hydrogens is 298 g/mol. The Morgan fingerprint density at radius 2 is 1.95 bits per heavy atom. The number of hydrogen-bond acceptors (Lipinski definition) is 3. The zero-order valence-electron chi connectivity index (χ0n) is 13.5. The predicted molar refractivity (Wildman–Crippen MR) is 91.2 cm³/mol. The monoisotopic (exact) mass is 323 g/mol. The van der Waals surface area contributed by atoms with E-state index in [1.807, 2.05) is 0 Å². The third-order valence-corrected chi connectivity index (χ3v) is 5.55. The molecule has 1 heterocycles. The van der Waals surface area contributed by atoms with Crippen LogP contribution in [0.3, 0.4) is 0 Å². The highest BCUT2D eigenvalue weighted by Gasteiger charge is 2.28. The van der Waals surface area contributed by atoms with Crippen LogP contribution in [0.1, 0.15) is 23.1 Å². The Kier molecular flexibility index (Phi) is 5.45. The Morgan fingerprint density at radius 1 is 1.27 bits per heavy atom. The van der Waals surface area contributed by atoms with Crippen LogP contribution < -0.4 is 10.6 Å². The third kappa shape index (κ3) is 5.02. The fourth-order valence-electron chi connectivity index (χ4n) is 2.84. The smallest absolute Gasteiger partial charge is 0.191 e. The van der Waals surface area contributed by atoms with E-state index in [1.165, 1.54) is 16.7 Å². The molecule has 0 radical (unpaired) electrons. The van der Waals surface area contributed by atoms with Crippen LogP contribution in [0.15, 0.2) is 23.2 Å². The van der Waals surface area contributed by atoms with Crippen molar-refractivity contribution >= 4 is 15.8 Å². The molecule has 1 saturated heterocycles. The fraction of sp³-hybridized carbons (Fsp3) is 0.562. The van der Waals surface area contributed by atoms with Gasteiger partial charge in [-0.2, -0.15) is 0 Å². The summed E-state index contributed by atoms with van der Waals surface area (Å²) >= 11 is 0. The molecular formula is C16H25N3O2S. The molecule has 1 aliphatic rings. The summed E-state index contributed by atoms with van der Waals surface area (Å²) < 4.78 is 22.9. The van der Waals surface area contributed by atoms with Gasteiger partial charge in [-0.05, 0) is 32.3 Å². The normalized spacial score (nSPS) is 20.9. The molecule has 22 heavy (non-hydrogen) atoms. The highest BCUT2D eigenvalue weighted by atomic mass is 32.2. The van der Waals surface area contributed by atoms with Crippen LogP contribution >= 0.6 is 0 Å². The third-order valence-electron chi connectivity index (χ3n) is 3.78. The Balaban J connectivity index is 1.82. The molecule has 1 aliphatic heterocycles.